The lowest BCUT2D eigenvalue weighted by molar-refractivity contribution is -0.670. The van der Waals surface area contributed by atoms with E-state index in [0.717, 1.165) is 0 Å². The lowest BCUT2D eigenvalue weighted by atomic mass is 10.9. The van der Waals surface area contributed by atoms with Gasteiger partial charge in [-0.05, 0) is 6.66 Å². The van der Waals surface area contributed by atoms with Crippen LogP contribution in [0.4, 0.5) is 0 Å². The first-order chi connectivity index (χ1) is 7.79. The van der Waals surface area contributed by atoms with Crippen LogP contribution < -0.4 is 18.9 Å². The summed E-state index contributed by atoms with van der Waals surface area (Å²) >= 11 is 0. The van der Waals surface area contributed by atoms with Crippen LogP contribution in [0.5, 0.6) is 0 Å². The highest BCUT2D eigenvalue weighted by Gasteiger charge is 1.79. The molecule has 0 atom stereocenters. The zero-order chi connectivity index (χ0) is 13.3. The number of rotatable bonds is 0. The maximum atomic E-state index is 9.10. The van der Waals surface area contributed by atoms with Crippen molar-refractivity contribution in [2.24, 2.45) is 14.1 Å². The average molecular weight is 260 g/mol. The molecular weight excluding hydrogens is 243 g/mol. The van der Waals surface area contributed by atoms with Gasteiger partial charge in [-0.3, -0.25) is 9.97 Å². The van der Waals surface area contributed by atoms with Crippen LogP contribution >= 0.6 is 7.60 Å². The summed E-state index contributed by atoms with van der Waals surface area (Å²) in [5.74, 6) is 0. The van der Waals surface area contributed by atoms with E-state index in [4.69, 9.17) is 14.4 Å². The summed E-state index contributed by atoms with van der Waals surface area (Å²) in [7, 11) is -0.201. The van der Waals surface area contributed by atoms with Crippen molar-refractivity contribution in [1.82, 2.24) is 9.97 Å². The Kier molecular flexibility index (Phi) is 7.13. The molecule has 0 aliphatic carbocycles. The number of nitrogens with zero attached hydrogens (tertiary/aromatic N) is 2. The molecule has 0 spiro atoms. The summed E-state index contributed by atoms with van der Waals surface area (Å²) in [6, 6.07) is 0. The SMILES string of the molecule is CP(=O)([O-])[O-].C[n+]1cc[nH]c1.C[n+]1cc[nH]c1. The molecule has 0 bridgehead atoms. The van der Waals surface area contributed by atoms with Crippen LogP contribution in [0, 0.1) is 0 Å². The normalized spacial score (nSPS) is 9.71. The average Bonchev–Trinajstić information content (AvgIpc) is 2.76. The van der Waals surface area contributed by atoms with E-state index in [0.29, 0.717) is 6.66 Å². The fourth-order valence-corrected chi connectivity index (χ4v) is 0.728. The third-order valence-corrected chi connectivity index (χ3v) is 1.37. The molecule has 2 aromatic heterocycles. The minimum atomic E-state index is -4.14. The Balaban J connectivity index is 0.000000228. The molecule has 17 heavy (non-hydrogen) atoms. The van der Waals surface area contributed by atoms with Crippen molar-refractivity contribution < 1.29 is 23.5 Å². The number of aryl methyl sites for hydroxylation is 2. The van der Waals surface area contributed by atoms with Crippen molar-refractivity contribution in [2.75, 3.05) is 6.66 Å². The fourth-order valence-electron chi connectivity index (χ4n) is 0.728. The van der Waals surface area contributed by atoms with Crippen molar-refractivity contribution in [3.8, 4) is 0 Å². The van der Waals surface area contributed by atoms with Gasteiger partial charge in [0.1, 0.15) is 24.8 Å². The van der Waals surface area contributed by atoms with E-state index in [1.807, 2.05) is 60.7 Å². The van der Waals surface area contributed by atoms with Crippen LogP contribution in [0.2, 0.25) is 0 Å². The van der Waals surface area contributed by atoms with E-state index < -0.39 is 7.60 Å². The smallest absolute Gasteiger partial charge is 0.241 e. The standard InChI is InChI=1S/2C4H6N2.CH5O3P/c2*1-6-3-2-5-4-6;1-5(2,3)4/h2*2-4H,1H3;1H3,(H2,2,3,4). The lowest BCUT2D eigenvalue weighted by Gasteiger charge is -2.22. The van der Waals surface area contributed by atoms with Gasteiger partial charge in [0, 0.05) is 0 Å². The second-order valence-corrected chi connectivity index (χ2v) is 4.87. The Morgan fingerprint density at radius 1 is 1.00 bits per heavy atom. The van der Waals surface area contributed by atoms with E-state index in [9.17, 15) is 0 Å². The van der Waals surface area contributed by atoms with Gasteiger partial charge >= 0.3 is 0 Å². The quantitative estimate of drug-likeness (QED) is 0.432. The molecule has 7 nitrogen and oxygen atoms in total. The molecule has 0 fully saturated rings. The first kappa shape index (κ1) is 15.6. The second-order valence-electron chi connectivity index (χ2n) is 3.33. The van der Waals surface area contributed by atoms with Crippen molar-refractivity contribution in [2.45, 2.75) is 0 Å². The highest BCUT2D eigenvalue weighted by molar-refractivity contribution is 7.47. The van der Waals surface area contributed by atoms with Crippen LogP contribution in [-0.2, 0) is 18.7 Å². The Morgan fingerprint density at radius 2 is 1.29 bits per heavy atom. The molecule has 0 saturated carbocycles. The summed E-state index contributed by atoms with van der Waals surface area (Å²) in [5, 5.41) is 0. The number of H-pyrrole nitrogens is 2. The number of imidazole rings is 2. The predicted octanol–water partition coefficient (Wildman–Crippen LogP) is -1.79. The van der Waals surface area contributed by atoms with Crippen LogP contribution in [0.1, 0.15) is 0 Å². The predicted molar refractivity (Wildman–Crippen MR) is 57.5 cm³/mol. The number of hydrogen-bond donors (Lipinski definition) is 2. The third-order valence-electron chi connectivity index (χ3n) is 1.37. The summed E-state index contributed by atoms with van der Waals surface area (Å²) in [6.45, 7) is 0.632. The Hall–Kier alpha value is -1.43. The number of nitrogens with one attached hydrogen (secondary N) is 2. The van der Waals surface area contributed by atoms with Gasteiger partial charge in [-0.2, -0.15) is 0 Å². The van der Waals surface area contributed by atoms with Crippen LogP contribution in [0.25, 0.3) is 0 Å². The summed E-state index contributed by atoms with van der Waals surface area (Å²) < 4.78 is 13.0. The molecule has 0 aliphatic rings. The molecule has 0 amide bonds. The fraction of sp³-hybridized carbons (Fsp3) is 0.333. The molecular formula is C9H17N4O3P. The zero-order valence-electron chi connectivity index (χ0n) is 10.0. The van der Waals surface area contributed by atoms with Gasteiger partial charge in [-0.25, -0.2) is 9.13 Å². The van der Waals surface area contributed by atoms with Gasteiger partial charge in [0.05, 0.1) is 14.1 Å². The zero-order valence-corrected chi connectivity index (χ0v) is 10.9. The molecule has 2 heterocycles. The third kappa shape index (κ3) is 14.6. The second kappa shape index (κ2) is 7.78. The Morgan fingerprint density at radius 3 is 1.35 bits per heavy atom. The van der Waals surface area contributed by atoms with E-state index in [2.05, 4.69) is 9.97 Å². The summed E-state index contributed by atoms with van der Waals surface area (Å²) in [6.07, 6.45) is 11.4. The maximum absolute atomic E-state index is 9.10. The van der Waals surface area contributed by atoms with Gasteiger partial charge in [-0.1, -0.05) is 7.60 Å². The van der Waals surface area contributed by atoms with Crippen molar-refractivity contribution in [3.05, 3.63) is 37.4 Å². The van der Waals surface area contributed by atoms with Gasteiger partial charge < -0.3 is 14.4 Å². The first-order valence-corrected chi connectivity index (χ1v) is 6.73. The molecule has 0 aromatic carbocycles. The molecule has 0 unspecified atom stereocenters. The minimum Gasteiger partial charge on any atom is -0.811 e. The molecule has 2 N–H and O–H groups in total. The van der Waals surface area contributed by atoms with Gasteiger partial charge in [0.15, 0.2) is 0 Å². The van der Waals surface area contributed by atoms with Crippen molar-refractivity contribution in [1.29, 1.82) is 0 Å². The lowest BCUT2D eigenvalue weighted by Crippen LogP contribution is -2.22. The van der Waals surface area contributed by atoms with Gasteiger partial charge in [-0.15, -0.1) is 0 Å². The van der Waals surface area contributed by atoms with Gasteiger partial charge in [0.25, 0.3) is 0 Å². The molecule has 0 aliphatic heterocycles. The largest absolute Gasteiger partial charge is 0.811 e. The monoisotopic (exact) mass is 260 g/mol. The number of aromatic amines is 2. The van der Waals surface area contributed by atoms with Crippen LogP contribution in [-0.4, -0.2) is 16.6 Å². The van der Waals surface area contributed by atoms with E-state index in [1.165, 1.54) is 0 Å². The topological polar surface area (TPSA) is 103 Å². The number of hydrogen-bond acceptors (Lipinski definition) is 3. The molecule has 2 rings (SSSR count). The molecule has 0 radical (unpaired) electrons. The van der Waals surface area contributed by atoms with Gasteiger partial charge in [0.2, 0.25) is 12.7 Å². The minimum absolute atomic E-state index is 0.632. The molecule has 8 heteroatoms. The maximum Gasteiger partial charge on any atom is 0.241 e. The Bertz CT molecular complexity index is 381. The van der Waals surface area contributed by atoms with Crippen molar-refractivity contribution in [3.63, 3.8) is 0 Å². The highest BCUT2D eigenvalue weighted by atomic mass is 31.2. The highest BCUT2D eigenvalue weighted by Crippen LogP contribution is 2.12. The number of aromatic nitrogens is 4. The first-order valence-electron chi connectivity index (χ1n) is 4.74. The molecule has 2 aromatic rings. The van der Waals surface area contributed by atoms with Crippen LogP contribution in [0.15, 0.2) is 37.4 Å². The van der Waals surface area contributed by atoms with E-state index >= 15 is 0 Å². The summed E-state index contributed by atoms with van der Waals surface area (Å²) in [5.41, 5.74) is 0. The Labute approximate surface area is 99.9 Å². The molecule has 96 valence electrons. The molecule has 0 saturated heterocycles. The van der Waals surface area contributed by atoms with E-state index in [1.54, 1.807) is 0 Å². The van der Waals surface area contributed by atoms with Crippen molar-refractivity contribution >= 4 is 7.60 Å². The summed E-state index contributed by atoms with van der Waals surface area (Å²) in [4.78, 5) is 24.0. The van der Waals surface area contributed by atoms with E-state index in [-0.39, 0.29) is 0 Å². The van der Waals surface area contributed by atoms with Crippen LogP contribution in [0.3, 0.4) is 0 Å².